The number of amides is 1. The van der Waals surface area contributed by atoms with Crippen molar-refractivity contribution in [3.63, 3.8) is 0 Å². The molecule has 2 rings (SSSR count). The maximum atomic E-state index is 11.2. The van der Waals surface area contributed by atoms with E-state index in [1.54, 1.807) is 13.2 Å². The Morgan fingerprint density at radius 2 is 2.46 bits per heavy atom. The van der Waals surface area contributed by atoms with Gasteiger partial charge in [-0.3, -0.25) is 9.78 Å². The van der Waals surface area contributed by atoms with E-state index < -0.39 is 0 Å². The Kier molecular flexibility index (Phi) is 2.00. The second-order valence-corrected chi connectivity index (χ2v) is 3.32. The number of nitrogens with one attached hydrogen (secondary N) is 1. The predicted octanol–water partition coefficient (Wildman–Crippen LogP) is 0.931. The number of hydrogen-bond acceptors (Lipinski definition) is 2. The topological polar surface area (TPSA) is 42.0 Å². The number of carbonyl (C=O) groups is 1. The van der Waals surface area contributed by atoms with Crippen LogP contribution in [0.4, 0.5) is 0 Å². The van der Waals surface area contributed by atoms with Gasteiger partial charge in [-0.15, -0.1) is 0 Å². The smallest absolute Gasteiger partial charge is 0.223 e. The highest BCUT2D eigenvalue weighted by Gasteiger charge is 2.44. The average molecular weight is 176 g/mol. The van der Waals surface area contributed by atoms with Crippen molar-refractivity contribution in [2.75, 3.05) is 7.05 Å². The van der Waals surface area contributed by atoms with Crippen molar-refractivity contribution in [2.45, 2.75) is 12.3 Å². The lowest BCUT2D eigenvalue weighted by molar-refractivity contribution is -0.121. The van der Waals surface area contributed by atoms with Crippen LogP contribution >= 0.6 is 0 Å². The Balaban J connectivity index is 2.04. The normalized spacial score (nSPS) is 25.3. The molecule has 2 atom stereocenters. The summed E-state index contributed by atoms with van der Waals surface area (Å²) in [6.07, 6.45) is 2.71. The number of rotatable bonds is 2. The van der Waals surface area contributed by atoms with Crippen LogP contribution in [0.5, 0.6) is 0 Å². The first-order valence-corrected chi connectivity index (χ1v) is 4.45. The highest BCUT2D eigenvalue weighted by Crippen LogP contribution is 2.46. The number of pyridine rings is 1. The van der Waals surface area contributed by atoms with Crippen LogP contribution in [0.3, 0.4) is 0 Å². The van der Waals surface area contributed by atoms with Gasteiger partial charge in [-0.05, 0) is 18.6 Å². The number of aromatic nitrogens is 1. The minimum Gasteiger partial charge on any atom is -0.359 e. The van der Waals surface area contributed by atoms with E-state index in [0.29, 0.717) is 5.92 Å². The summed E-state index contributed by atoms with van der Waals surface area (Å²) in [5.74, 6) is 0.636. The van der Waals surface area contributed by atoms with Gasteiger partial charge < -0.3 is 5.32 Å². The Hall–Kier alpha value is -1.38. The molecule has 1 aliphatic rings. The zero-order valence-electron chi connectivity index (χ0n) is 7.53. The zero-order chi connectivity index (χ0) is 9.26. The molecule has 0 spiro atoms. The standard InChI is InChI=1S/C10H12N2O/c1-11-10(13)8-6-7(8)9-4-2-3-5-12-9/h2-5,7-8H,6H2,1H3,(H,11,13). The van der Waals surface area contributed by atoms with Crippen LogP contribution < -0.4 is 5.32 Å². The van der Waals surface area contributed by atoms with Crippen LogP contribution in [0, 0.1) is 5.92 Å². The molecule has 2 unspecified atom stereocenters. The fourth-order valence-electron chi connectivity index (χ4n) is 1.59. The fourth-order valence-corrected chi connectivity index (χ4v) is 1.59. The molecule has 0 aromatic carbocycles. The van der Waals surface area contributed by atoms with Crippen LogP contribution in [0.1, 0.15) is 18.0 Å². The van der Waals surface area contributed by atoms with Gasteiger partial charge in [-0.1, -0.05) is 6.07 Å². The minimum atomic E-state index is 0.135. The van der Waals surface area contributed by atoms with E-state index in [1.807, 2.05) is 18.2 Å². The van der Waals surface area contributed by atoms with Crippen molar-refractivity contribution in [3.05, 3.63) is 30.1 Å². The monoisotopic (exact) mass is 176 g/mol. The largest absolute Gasteiger partial charge is 0.359 e. The molecule has 1 saturated carbocycles. The second kappa shape index (κ2) is 3.17. The molecule has 0 bridgehead atoms. The lowest BCUT2D eigenvalue weighted by Crippen LogP contribution is -2.20. The highest BCUT2D eigenvalue weighted by molar-refractivity contribution is 5.82. The van der Waals surface area contributed by atoms with Gasteiger partial charge in [-0.2, -0.15) is 0 Å². The molecule has 1 amide bonds. The molecular weight excluding hydrogens is 164 g/mol. The third-order valence-corrected chi connectivity index (χ3v) is 2.44. The molecule has 1 aliphatic carbocycles. The fraction of sp³-hybridized carbons (Fsp3) is 0.400. The molecule has 1 fully saturated rings. The number of hydrogen-bond donors (Lipinski definition) is 1. The first-order chi connectivity index (χ1) is 6.33. The molecule has 3 heteroatoms. The summed E-state index contributed by atoms with van der Waals surface area (Å²) in [6.45, 7) is 0. The predicted molar refractivity (Wildman–Crippen MR) is 49.2 cm³/mol. The lowest BCUT2D eigenvalue weighted by atomic mass is 10.2. The third-order valence-electron chi connectivity index (χ3n) is 2.44. The summed E-state index contributed by atoms with van der Waals surface area (Å²) >= 11 is 0. The van der Waals surface area contributed by atoms with Crippen molar-refractivity contribution in [1.29, 1.82) is 0 Å². The van der Waals surface area contributed by atoms with Gasteiger partial charge in [-0.25, -0.2) is 0 Å². The van der Waals surface area contributed by atoms with E-state index in [-0.39, 0.29) is 11.8 Å². The highest BCUT2D eigenvalue weighted by atomic mass is 16.1. The molecule has 3 nitrogen and oxygen atoms in total. The number of nitrogens with zero attached hydrogens (tertiary/aromatic N) is 1. The van der Waals surface area contributed by atoms with Crippen molar-refractivity contribution >= 4 is 5.91 Å². The molecule has 1 aromatic rings. The Morgan fingerprint density at radius 1 is 1.62 bits per heavy atom. The maximum Gasteiger partial charge on any atom is 0.223 e. The van der Waals surface area contributed by atoms with Crippen molar-refractivity contribution < 1.29 is 4.79 Å². The van der Waals surface area contributed by atoms with E-state index in [4.69, 9.17) is 0 Å². The minimum absolute atomic E-state index is 0.135. The van der Waals surface area contributed by atoms with Gasteiger partial charge >= 0.3 is 0 Å². The van der Waals surface area contributed by atoms with Gasteiger partial charge in [0.1, 0.15) is 0 Å². The lowest BCUT2D eigenvalue weighted by Gasteiger charge is -1.97. The van der Waals surface area contributed by atoms with Gasteiger partial charge in [0, 0.05) is 30.8 Å². The van der Waals surface area contributed by atoms with Crippen LogP contribution in [-0.2, 0) is 4.79 Å². The second-order valence-electron chi connectivity index (χ2n) is 3.32. The average Bonchev–Trinajstić information content (AvgIpc) is 2.98. The first-order valence-electron chi connectivity index (χ1n) is 4.45. The Morgan fingerprint density at radius 3 is 3.08 bits per heavy atom. The van der Waals surface area contributed by atoms with Crippen molar-refractivity contribution in [2.24, 2.45) is 5.92 Å². The zero-order valence-corrected chi connectivity index (χ0v) is 7.53. The van der Waals surface area contributed by atoms with Crippen LogP contribution in [-0.4, -0.2) is 17.9 Å². The quantitative estimate of drug-likeness (QED) is 0.728. The molecule has 0 aliphatic heterocycles. The summed E-state index contributed by atoms with van der Waals surface area (Å²) in [7, 11) is 1.68. The Bertz CT molecular complexity index is 310. The molecule has 1 heterocycles. The van der Waals surface area contributed by atoms with Crippen LogP contribution in [0.15, 0.2) is 24.4 Å². The first kappa shape index (κ1) is 8.23. The van der Waals surface area contributed by atoms with Gasteiger partial charge in [0.15, 0.2) is 0 Å². The summed E-state index contributed by atoms with van der Waals surface area (Å²) < 4.78 is 0. The maximum absolute atomic E-state index is 11.2. The van der Waals surface area contributed by atoms with E-state index >= 15 is 0 Å². The third kappa shape index (κ3) is 1.54. The molecule has 1 N–H and O–H groups in total. The van der Waals surface area contributed by atoms with E-state index in [2.05, 4.69) is 10.3 Å². The van der Waals surface area contributed by atoms with Gasteiger partial charge in [0.25, 0.3) is 0 Å². The SMILES string of the molecule is CNC(=O)C1CC1c1ccccn1. The summed E-state index contributed by atoms with van der Waals surface area (Å²) in [4.78, 5) is 15.4. The summed E-state index contributed by atoms with van der Waals surface area (Å²) in [5, 5.41) is 2.66. The van der Waals surface area contributed by atoms with Gasteiger partial charge in [0.05, 0.1) is 0 Å². The molecular formula is C10H12N2O. The molecule has 13 heavy (non-hydrogen) atoms. The van der Waals surface area contributed by atoms with Crippen LogP contribution in [0.2, 0.25) is 0 Å². The van der Waals surface area contributed by atoms with Crippen molar-refractivity contribution in [3.8, 4) is 0 Å². The summed E-state index contributed by atoms with van der Waals surface area (Å²) in [6, 6.07) is 5.83. The van der Waals surface area contributed by atoms with E-state index in [9.17, 15) is 4.79 Å². The molecule has 68 valence electrons. The summed E-state index contributed by atoms with van der Waals surface area (Å²) in [5.41, 5.74) is 1.04. The van der Waals surface area contributed by atoms with Gasteiger partial charge in [0.2, 0.25) is 5.91 Å². The van der Waals surface area contributed by atoms with E-state index in [1.165, 1.54) is 0 Å². The van der Waals surface area contributed by atoms with E-state index in [0.717, 1.165) is 12.1 Å². The molecule has 0 saturated heterocycles. The molecule has 1 aromatic heterocycles. The molecule has 0 radical (unpaired) electrons. The van der Waals surface area contributed by atoms with Crippen LogP contribution in [0.25, 0.3) is 0 Å². The Labute approximate surface area is 77.2 Å². The van der Waals surface area contributed by atoms with Crippen molar-refractivity contribution in [1.82, 2.24) is 10.3 Å². The number of carbonyl (C=O) groups excluding carboxylic acids is 1.